The highest BCUT2D eigenvalue weighted by atomic mass is 16.5. The normalized spacial score (nSPS) is 11.4. The van der Waals surface area contributed by atoms with Gasteiger partial charge in [-0.2, -0.15) is 0 Å². The van der Waals surface area contributed by atoms with E-state index in [1.165, 1.54) is 18.7 Å². The first kappa shape index (κ1) is 13.1. The second-order valence-electron chi connectivity index (χ2n) is 4.38. The minimum Gasteiger partial charge on any atom is -0.466 e. The molecular weight excluding hydrogens is 240 g/mol. The molecule has 0 atom stereocenters. The molecule has 0 saturated carbocycles. The summed E-state index contributed by atoms with van der Waals surface area (Å²) in [5.74, 6) is 1.07. The predicted octanol–water partition coefficient (Wildman–Crippen LogP) is 3.83. The Morgan fingerprint density at radius 2 is 2.05 bits per heavy atom. The van der Waals surface area contributed by atoms with Crippen LogP contribution in [0, 0.1) is 6.92 Å². The van der Waals surface area contributed by atoms with E-state index in [1.807, 2.05) is 44.2 Å². The van der Waals surface area contributed by atoms with Crippen LogP contribution >= 0.6 is 0 Å². The fourth-order valence-corrected chi connectivity index (χ4v) is 1.81. The van der Waals surface area contributed by atoms with Crippen LogP contribution < -0.4 is 0 Å². The lowest BCUT2D eigenvalue weighted by molar-refractivity contribution is -0.134. The maximum atomic E-state index is 11.2. The number of allylic oxidation sites excluding steroid dienone is 1. The van der Waals surface area contributed by atoms with Gasteiger partial charge in [0.1, 0.15) is 11.5 Å². The zero-order valence-electron chi connectivity index (χ0n) is 11.3. The molecule has 0 bridgehead atoms. The van der Waals surface area contributed by atoms with Crippen LogP contribution in [0.4, 0.5) is 0 Å². The molecule has 3 heteroatoms. The molecule has 19 heavy (non-hydrogen) atoms. The number of benzene rings is 1. The van der Waals surface area contributed by atoms with Gasteiger partial charge in [-0.25, -0.2) is 4.79 Å². The number of furan rings is 1. The average Bonchev–Trinajstić information content (AvgIpc) is 2.88. The summed E-state index contributed by atoms with van der Waals surface area (Å²) in [5, 5.41) is 0. The summed E-state index contributed by atoms with van der Waals surface area (Å²) >= 11 is 0. The van der Waals surface area contributed by atoms with Crippen molar-refractivity contribution in [2.45, 2.75) is 13.8 Å². The second-order valence-corrected chi connectivity index (χ2v) is 4.38. The van der Waals surface area contributed by atoms with Crippen LogP contribution in [0.1, 0.15) is 18.2 Å². The van der Waals surface area contributed by atoms with Gasteiger partial charge in [0.05, 0.1) is 7.11 Å². The molecule has 1 aromatic carbocycles. The number of methoxy groups -OCH3 is 1. The summed E-state index contributed by atoms with van der Waals surface area (Å²) in [6.45, 7) is 3.85. The molecule has 0 aliphatic rings. The molecule has 0 amide bonds. The van der Waals surface area contributed by atoms with Crippen molar-refractivity contribution in [3.8, 4) is 11.3 Å². The smallest absolute Gasteiger partial charge is 0.330 e. The first-order chi connectivity index (χ1) is 9.10. The van der Waals surface area contributed by atoms with Crippen LogP contribution in [0.3, 0.4) is 0 Å². The maximum Gasteiger partial charge on any atom is 0.330 e. The van der Waals surface area contributed by atoms with Crippen molar-refractivity contribution in [3.63, 3.8) is 0 Å². The highest BCUT2D eigenvalue weighted by Crippen LogP contribution is 2.26. The van der Waals surface area contributed by atoms with Crippen molar-refractivity contribution in [2.75, 3.05) is 7.11 Å². The summed E-state index contributed by atoms with van der Waals surface area (Å²) in [4.78, 5) is 11.2. The molecule has 0 aliphatic carbocycles. The topological polar surface area (TPSA) is 39.4 Å². The van der Waals surface area contributed by atoms with E-state index in [1.54, 1.807) is 0 Å². The summed E-state index contributed by atoms with van der Waals surface area (Å²) in [7, 11) is 1.35. The van der Waals surface area contributed by atoms with Gasteiger partial charge >= 0.3 is 5.97 Å². The Morgan fingerprint density at radius 3 is 2.74 bits per heavy atom. The SMILES string of the molecule is COC(=O)/C=C(\C)c1ccc(-c2cccc(C)c2)o1. The number of ether oxygens (including phenoxy) is 1. The number of aryl methyl sites for hydroxylation is 1. The van der Waals surface area contributed by atoms with E-state index in [9.17, 15) is 4.79 Å². The molecule has 0 saturated heterocycles. The maximum absolute atomic E-state index is 11.2. The Morgan fingerprint density at radius 1 is 1.26 bits per heavy atom. The molecule has 0 fully saturated rings. The molecule has 3 nitrogen and oxygen atoms in total. The molecule has 1 aromatic heterocycles. The third-order valence-electron chi connectivity index (χ3n) is 2.83. The summed E-state index contributed by atoms with van der Waals surface area (Å²) in [5.41, 5.74) is 2.94. The quantitative estimate of drug-likeness (QED) is 0.619. The van der Waals surface area contributed by atoms with Crippen LogP contribution in [-0.4, -0.2) is 13.1 Å². The lowest BCUT2D eigenvalue weighted by Gasteiger charge is -1.99. The standard InChI is InChI=1S/C16H16O3/c1-11-5-4-6-13(9-11)15-8-7-14(19-15)12(2)10-16(17)18-3/h4-10H,1-3H3/b12-10+. The molecule has 2 rings (SSSR count). The Balaban J connectivity index is 2.29. The molecule has 0 N–H and O–H groups in total. The van der Waals surface area contributed by atoms with Gasteiger partial charge in [0, 0.05) is 11.6 Å². The zero-order chi connectivity index (χ0) is 13.8. The van der Waals surface area contributed by atoms with Gasteiger partial charge in [-0.05, 0) is 37.6 Å². The van der Waals surface area contributed by atoms with Crippen LogP contribution in [-0.2, 0) is 9.53 Å². The highest BCUT2D eigenvalue weighted by Gasteiger charge is 2.07. The third-order valence-corrected chi connectivity index (χ3v) is 2.83. The molecule has 0 radical (unpaired) electrons. The molecule has 0 spiro atoms. The minimum absolute atomic E-state index is 0.383. The summed E-state index contributed by atoms with van der Waals surface area (Å²) < 4.78 is 10.3. The van der Waals surface area contributed by atoms with Crippen molar-refractivity contribution < 1.29 is 13.9 Å². The first-order valence-electron chi connectivity index (χ1n) is 6.03. The fourth-order valence-electron chi connectivity index (χ4n) is 1.81. The molecule has 98 valence electrons. The Hall–Kier alpha value is -2.29. The number of hydrogen-bond acceptors (Lipinski definition) is 3. The van der Waals surface area contributed by atoms with E-state index < -0.39 is 0 Å². The fraction of sp³-hybridized carbons (Fsp3) is 0.188. The molecule has 1 heterocycles. The van der Waals surface area contributed by atoms with E-state index >= 15 is 0 Å². The van der Waals surface area contributed by atoms with Gasteiger partial charge in [-0.1, -0.05) is 23.8 Å². The number of rotatable bonds is 3. The molecule has 0 aliphatic heterocycles. The minimum atomic E-state index is -0.383. The number of carbonyl (C=O) groups excluding carboxylic acids is 1. The van der Waals surface area contributed by atoms with E-state index in [0.717, 1.165) is 16.9 Å². The zero-order valence-corrected chi connectivity index (χ0v) is 11.3. The number of hydrogen-bond donors (Lipinski definition) is 0. The van der Waals surface area contributed by atoms with Crippen molar-refractivity contribution in [1.29, 1.82) is 0 Å². The van der Waals surface area contributed by atoms with Crippen LogP contribution in [0.25, 0.3) is 16.9 Å². The first-order valence-corrected chi connectivity index (χ1v) is 6.03. The largest absolute Gasteiger partial charge is 0.466 e. The molecular formula is C16H16O3. The van der Waals surface area contributed by atoms with Crippen molar-refractivity contribution in [1.82, 2.24) is 0 Å². The van der Waals surface area contributed by atoms with Gasteiger partial charge in [0.25, 0.3) is 0 Å². The van der Waals surface area contributed by atoms with Gasteiger partial charge in [-0.15, -0.1) is 0 Å². The van der Waals surface area contributed by atoms with Gasteiger partial charge in [0.15, 0.2) is 0 Å². The van der Waals surface area contributed by atoms with Crippen molar-refractivity contribution in [3.05, 3.63) is 53.8 Å². The summed E-state index contributed by atoms with van der Waals surface area (Å²) in [6, 6.07) is 11.8. The van der Waals surface area contributed by atoms with E-state index in [-0.39, 0.29) is 5.97 Å². The monoisotopic (exact) mass is 256 g/mol. The van der Waals surface area contributed by atoms with E-state index in [0.29, 0.717) is 5.76 Å². The van der Waals surface area contributed by atoms with Crippen molar-refractivity contribution in [2.24, 2.45) is 0 Å². The van der Waals surface area contributed by atoms with Gasteiger partial charge in [0.2, 0.25) is 0 Å². The van der Waals surface area contributed by atoms with Crippen LogP contribution in [0.2, 0.25) is 0 Å². The van der Waals surface area contributed by atoms with Gasteiger partial charge < -0.3 is 9.15 Å². The number of esters is 1. The predicted molar refractivity (Wildman–Crippen MR) is 74.5 cm³/mol. The Kier molecular flexibility index (Phi) is 3.85. The van der Waals surface area contributed by atoms with Crippen LogP contribution in [0.15, 0.2) is 46.9 Å². The van der Waals surface area contributed by atoms with E-state index in [2.05, 4.69) is 10.8 Å². The molecule has 2 aromatic rings. The Labute approximate surface area is 112 Å². The van der Waals surface area contributed by atoms with Crippen molar-refractivity contribution >= 4 is 11.5 Å². The Bertz CT molecular complexity index is 620. The second kappa shape index (κ2) is 5.57. The lowest BCUT2D eigenvalue weighted by Crippen LogP contribution is -1.95. The van der Waals surface area contributed by atoms with E-state index in [4.69, 9.17) is 4.42 Å². The lowest BCUT2D eigenvalue weighted by atomic mass is 10.1. The third kappa shape index (κ3) is 3.13. The van der Waals surface area contributed by atoms with Gasteiger partial charge in [-0.3, -0.25) is 0 Å². The average molecular weight is 256 g/mol. The van der Waals surface area contributed by atoms with Crippen LogP contribution in [0.5, 0.6) is 0 Å². The number of carbonyl (C=O) groups is 1. The highest BCUT2D eigenvalue weighted by molar-refractivity contribution is 5.90. The molecule has 0 unspecified atom stereocenters. The summed E-state index contributed by atoms with van der Waals surface area (Å²) in [6.07, 6.45) is 1.42.